The number of rotatable bonds is 7. The Morgan fingerprint density at radius 1 is 1.26 bits per heavy atom. The van der Waals surface area contributed by atoms with Crippen molar-refractivity contribution in [1.82, 2.24) is 4.90 Å². The van der Waals surface area contributed by atoms with Gasteiger partial charge in [0.15, 0.2) is 5.78 Å². The summed E-state index contributed by atoms with van der Waals surface area (Å²) >= 11 is 0. The summed E-state index contributed by atoms with van der Waals surface area (Å²) in [6.07, 6.45) is 5.52. The molecule has 6 nitrogen and oxygen atoms in total. The summed E-state index contributed by atoms with van der Waals surface area (Å²) in [5.74, 6) is -0.430. The molecule has 7 heteroatoms. The number of Topliss-reactive ketones (excluding diaryl/α,β-unsaturated/α-hetero) is 1. The molecule has 0 saturated carbocycles. The average Bonchev–Trinajstić information content (AvgIpc) is 2.68. The monoisotopic (exact) mass is 430 g/mol. The van der Waals surface area contributed by atoms with Crippen molar-refractivity contribution in [2.24, 2.45) is 5.73 Å². The summed E-state index contributed by atoms with van der Waals surface area (Å²) in [4.78, 5) is 27.0. The molecule has 2 rings (SSSR count). The fraction of sp³-hybridized carbons (Fsp3) is 0.417. The first-order valence-corrected chi connectivity index (χ1v) is 10.3. The van der Waals surface area contributed by atoms with E-state index < -0.39 is 17.5 Å². The molecule has 0 bridgehead atoms. The zero-order valence-electron chi connectivity index (χ0n) is 18.4. The molecule has 1 fully saturated rings. The van der Waals surface area contributed by atoms with Gasteiger partial charge < -0.3 is 15.2 Å². The summed E-state index contributed by atoms with van der Waals surface area (Å²) in [6, 6.07) is 5.18. The zero-order valence-corrected chi connectivity index (χ0v) is 18.4. The molecule has 1 aliphatic heterocycles. The zero-order chi connectivity index (χ0) is 23.0. The molecule has 1 amide bonds. The third-order valence-corrected chi connectivity index (χ3v) is 4.62. The van der Waals surface area contributed by atoms with Gasteiger partial charge in [-0.05, 0) is 69.5 Å². The Bertz CT molecular complexity index is 847. The number of carbonyl (C=O) groups is 2. The van der Waals surface area contributed by atoms with E-state index >= 15 is 0 Å². The van der Waals surface area contributed by atoms with Crippen LogP contribution in [-0.2, 0) is 9.47 Å². The Balaban J connectivity index is 2.28. The number of nitrogens with two attached hydrogens (primary N) is 1. The van der Waals surface area contributed by atoms with Crippen LogP contribution in [0.25, 0.3) is 0 Å². The van der Waals surface area contributed by atoms with Crippen LogP contribution in [0.15, 0.2) is 60.5 Å². The van der Waals surface area contributed by atoms with Crippen LogP contribution in [0.4, 0.5) is 9.18 Å². The molecule has 0 aromatic heterocycles. The summed E-state index contributed by atoms with van der Waals surface area (Å²) < 4.78 is 24.1. The third kappa shape index (κ3) is 7.68. The van der Waals surface area contributed by atoms with Crippen molar-refractivity contribution in [2.75, 3.05) is 13.2 Å². The summed E-state index contributed by atoms with van der Waals surface area (Å²) in [7, 11) is 0. The number of nitrogens with zero attached hydrogens (tertiary/aromatic N) is 1. The Kier molecular flexibility index (Phi) is 8.56. The maximum Gasteiger partial charge on any atom is 0.416 e. The molecule has 31 heavy (non-hydrogen) atoms. The van der Waals surface area contributed by atoms with Crippen molar-refractivity contribution >= 4 is 11.9 Å². The Labute approximate surface area is 183 Å². The second-order valence-corrected chi connectivity index (χ2v) is 8.35. The van der Waals surface area contributed by atoms with Gasteiger partial charge in [-0.15, -0.1) is 0 Å². The molecule has 0 spiro atoms. The van der Waals surface area contributed by atoms with E-state index in [-0.39, 0.29) is 24.1 Å². The van der Waals surface area contributed by atoms with Crippen molar-refractivity contribution in [2.45, 2.75) is 51.7 Å². The van der Waals surface area contributed by atoms with Crippen molar-refractivity contribution in [3.63, 3.8) is 0 Å². The molecule has 0 unspecified atom stereocenters. The number of carbonyl (C=O) groups excluding carboxylic acids is 2. The standard InChI is InChI=1S/C24H31FN2O4/c1-5-6-17(15-21(28)18-7-9-19(25)10-8-18)16-22(26)27(20-11-13-30-14-12-20)23(29)31-24(2,3)4/h5-10,16,20H,1,11-15,26H2,2-4H3/b17-6-,22-16+. The van der Waals surface area contributed by atoms with E-state index in [0.717, 1.165) is 0 Å². The fourth-order valence-electron chi connectivity index (χ4n) is 3.21. The molecule has 1 aliphatic rings. The minimum Gasteiger partial charge on any atom is -0.443 e. The highest BCUT2D eigenvalue weighted by atomic mass is 19.1. The molecule has 1 heterocycles. The molecule has 0 radical (unpaired) electrons. The van der Waals surface area contributed by atoms with Gasteiger partial charge in [-0.2, -0.15) is 0 Å². The van der Waals surface area contributed by atoms with Gasteiger partial charge in [-0.25, -0.2) is 9.18 Å². The van der Waals surface area contributed by atoms with Crippen LogP contribution in [-0.4, -0.2) is 41.6 Å². The summed E-state index contributed by atoms with van der Waals surface area (Å²) in [6.45, 7) is 10.1. The smallest absolute Gasteiger partial charge is 0.416 e. The third-order valence-electron chi connectivity index (χ3n) is 4.62. The van der Waals surface area contributed by atoms with Gasteiger partial charge >= 0.3 is 6.09 Å². The Hall–Kier alpha value is -2.93. The van der Waals surface area contributed by atoms with Crippen LogP contribution in [0.2, 0.25) is 0 Å². The summed E-state index contributed by atoms with van der Waals surface area (Å²) in [5, 5.41) is 0. The maximum atomic E-state index is 13.1. The number of hydrogen-bond acceptors (Lipinski definition) is 5. The number of ether oxygens (including phenoxy) is 2. The van der Waals surface area contributed by atoms with Crippen molar-refractivity contribution in [3.05, 3.63) is 71.8 Å². The molecular formula is C24H31FN2O4. The van der Waals surface area contributed by atoms with E-state index in [4.69, 9.17) is 15.2 Å². The lowest BCUT2D eigenvalue weighted by Crippen LogP contribution is -2.47. The minimum absolute atomic E-state index is 0.0221. The van der Waals surface area contributed by atoms with Crippen LogP contribution < -0.4 is 5.73 Å². The van der Waals surface area contributed by atoms with Gasteiger partial charge in [-0.3, -0.25) is 9.69 Å². The average molecular weight is 431 g/mol. The first-order chi connectivity index (χ1) is 14.6. The number of ketones is 1. The molecule has 1 aromatic rings. The lowest BCUT2D eigenvalue weighted by molar-refractivity contribution is 0.00384. The largest absolute Gasteiger partial charge is 0.443 e. The predicted molar refractivity (Wildman–Crippen MR) is 118 cm³/mol. The molecule has 0 atom stereocenters. The second kappa shape index (κ2) is 10.9. The van der Waals surface area contributed by atoms with Crippen molar-refractivity contribution < 1.29 is 23.5 Å². The molecule has 1 saturated heterocycles. The Morgan fingerprint density at radius 3 is 2.42 bits per heavy atom. The van der Waals surface area contributed by atoms with Gasteiger partial charge in [0.1, 0.15) is 17.2 Å². The molecular weight excluding hydrogens is 399 g/mol. The number of allylic oxidation sites excluding steroid dienone is 4. The van der Waals surface area contributed by atoms with Gasteiger partial charge in [0.05, 0.1) is 0 Å². The first kappa shape index (κ1) is 24.3. The number of halogens is 1. The fourth-order valence-corrected chi connectivity index (χ4v) is 3.21. The van der Waals surface area contributed by atoms with E-state index in [1.165, 1.54) is 29.2 Å². The van der Waals surface area contributed by atoms with Crippen LogP contribution in [0.1, 0.15) is 50.4 Å². The summed E-state index contributed by atoms with van der Waals surface area (Å²) in [5.41, 5.74) is 6.62. The van der Waals surface area contributed by atoms with Gasteiger partial charge in [0.25, 0.3) is 0 Å². The first-order valence-electron chi connectivity index (χ1n) is 10.3. The van der Waals surface area contributed by atoms with E-state index in [9.17, 15) is 14.0 Å². The van der Waals surface area contributed by atoms with Crippen molar-refractivity contribution in [1.29, 1.82) is 0 Å². The number of amides is 1. The minimum atomic E-state index is -0.681. The maximum absolute atomic E-state index is 13.1. The van der Waals surface area contributed by atoms with Gasteiger partial charge in [0.2, 0.25) is 0 Å². The van der Waals surface area contributed by atoms with Crippen LogP contribution in [0.5, 0.6) is 0 Å². The van der Waals surface area contributed by atoms with E-state index in [1.54, 1.807) is 39.0 Å². The second-order valence-electron chi connectivity index (χ2n) is 8.35. The molecule has 2 N–H and O–H groups in total. The number of hydrogen-bond donors (Lipinski definition) is 1. The molecule has 0 aliphatic carbocycles. The lowest BCUT2D eigenvalue weighted by atomic mass is 10.0. The van der Waals surface area contributed by atoms with Crippen LogP contribution in [0.3, 0.4) is 0 Å². The predicted octanol–water partition coefficient (Wildman–Crippen LogP) is 4.73. The van der Waals surface area contributed by atoms with E-state index in [2.05, 4.69) is 6.58 Å². The SMILES string of the molecule is C=C/C=C(\C=C(/N)N(C(=O)OC(C)(C)C)C1CCOCC1)CC(=O)c1ccc(F)cc1. The topological polar surface area (TPSA) is 81.9 Å². The molecule has 1 aromatic carbocycles. The Morgan fingerprint density at radius 2 is 1.87 bits per heavy atom. The highest BCUT2D eigenvalue weighted by Crippen LogP contribution is 2.23. The molecule has 168 valence electrons. The quantitative estimate of drug-likeness (QED) is 0.500. The van der Waals surface area contributed by atoms with Gasteiger partial charge in [-0.1, -0.05) is 18.7 Å². The van der Waals surface area contributed by atoms with E-state index in [0.29, 0.717) is 37.2 Å². The normalized spacial score (nSPS) is 16.0. The highest BCUT2D eigenvalue weighted by Gasteiger charge is 2.31. The van der Waals surface area contributed by atoms with Gasteiger partial charge in [0, 0.05) is 31.2 Å². The number of benzene rings is 1. The van der Waals surface area contributed by atoms with E-state index in [1.807, 2.05) is 0 Å². The van der Waals surface area contributed by atoms with Crippen LogP contribution >= 0.6 is 0 Å². The van der Waals surface area contributed by atoms with Crippen LogP contribution in [0, 0.1) is 5.82 Å². The lowest BCUT2D eigenvalue weighted by Gasteiger charge is -2.35. The van der Waals surface area contributed by atoms with Crippen molar-refractivity contribution in [3.8, 4) is 0 Å². The highest BCUT2D eigenvalue weighted by molar-refractivity contribution is 5.97.